The third-order valence-electron chi connectivity index (χ3n) is 3.22. The molecule has 1 saturated carbocycles. The van der Waals surface area contributed by atoms with Gasteiger partial charge in [-0.25, -0.2) is 0 Å². The van der Waals surface area contributed by atoms with Gasteiger partial charge >= 0.3 is 0 Å². The topological polar surface area (TPSA) is 3.24 Å². The molecule has 0 N–H and O–H groups in total. The smallest absolute Gasteiger partial charge is 0.0491 e. The van der Waals surface area contributed by atoms with Gasteiger partial charge < -0.3 is 4.90 Å². The van der Waals surface area contributed by atoms with Crippen molar-refractivity contribution in [2.75, 3.05) is 25.1 Å². The molecular weight excluding hydrogens is 226 g/mol. The lowest BCUT2D eigenvalue weighted by Crippen LogP contribution is -2.41. The summed E-state index contributed by atoms with van der Waals surface area (Å²) in [5.41, 5.74) is 0. The number of thioether (sulfide) groups is 1. The van der Waals surface area contributed by atoms with Crippen LogP contribution in [0.25, 0.3) is 0 Å². The summed E-state index contributed by atoms with van der Waals surface area (Å²) in [5, 5.41) is 0.391. The number of hydrogen-bond donors (Lipinski definition) is 0. The number of hydrogen-bond acceptors (Lipinski definition) is 2. The monoisotopic (exact) mass is 249 g/mol. The average molecular weight is 250 g/mol. The second-order valence-corrected chi connectivity index (χ2v) is 6.35. The van der Waals surface area contributed by atoms with E-state index in [4.69, 9.17) is 11.6 Å². The molecule has 0 bridgehead atoms. The van der Waals surface area contributed by atoms with Crippen LogP contribution in [0.15, 0.2) is 0 Å². The SMILES string of the molecule is CCSCCCN(C)C1CCCCC1Cl. The van der Waals surface area contributed by atoms with Crippen LogP contribution in [0, 0.1) is 0 Å². The molecule has 0 aromatic heterocycles. The molecule has 15 heavy (non-hydrogen) atoms. The van der Waals surface area contributed by atoms with Gasteiger partial charge in [-0.15, -0.1) is 11.6 Å². The van der Waals surface area contributed by atoms with Crippen molar-refractivity contribution in [3.05, 3.63) is 0 Å². The van der Waals surface area contributed by atoms with Crippen LogP contribution < -0.4 is 0 Å². The normalized spacial score (nSPS) is 27.2. The zero-order valence-electron chi connectivity index (χ0n) is 10.0. The van der Waals surface area contributed by atoms with Gasteiger partial charge in [0.2, 0.25) is 0 Å². The van der Waals surface area contributed by atoms with E-state index >= 15 is 0 Å². The minimum atomic E-state index is 0.391. The van der Waals surface area contributed by atoms with Crippen molar-refractivity contribution in [2.24, 2.45) is 0 Å². The summed E-state index contributed by atoms with van der Waals surface area (Å²) in [6, 6.07) is 0.632. The van der Waals surface area contributed by atoms with Gasteiger partial charge in [-0.2, -0.15) is 11.8 Å². The molecule has 0 radical (unpaired) electrons. The lowest BCUT2D eigenvalue weighted by Gasteiger charge is -2.34. The molecule has 0 amide bonds. The fourth-order valence-electron chi connectivity index (χ4n) is 2.29. The Hall–Kier alpha value is 0.600. The van der Waals surface area contributed by atoms with Gasteiger partial charge in [-0.1, -0.05) is 19.8 Å². The molecule has 0 spiro atoms. The number of nitrogens with zero attached hydrogens (tertiary/aromatic N) is 1. The molecule has 0 heterocycles. The highest BCUT2D eigenvalue weighted by atomic mass is 35.5. The van der Waals surface area contributed by atoms with E-state index in [9.17, 15) is 0 Å². The van der Waals surface area contributed by atoms with Crippen molar-refractivity contribution in [2.45, 2.75) is 50.4 Å². The van der Waals surface area contributed by atoms with Crippen LogP contribution in [0.3, 0.4) is 0 Å². The summed E-state index contributed by atoms with van der Waals surface area (Å²) >= 11 is 8.41. The zero-order chi connectivity index (χ0) is 11.1. The van der Waals surface area contributed by atoms with Crippen molar-refractivity contribution in [1.29, 1.82) is 0 Å². The van der Waals surface area contributed by atoms with E-state index in [-0.39, 0.29) is 0 Å². The Morgan fingerprint density at radius 3 is 2.73 bits per heavy atom. The van der Waals surface area contributed by atoms with E-state index in [0.717, 1.165) is 0 Å². The third-order valence-corrected chi connectivity index (χ3v) is 4.71. The molecule has 0 aromatic carbocycles. The molecule has 3 heteroatoms. The van der Waals surface area contributed by atoms with E-state index in [1.54, 1.807) is 0 Å². The molecular formula is C12H24ClNS. The maximum absolute atomic E-state index is 6.37. The number of alkyl halides is 1. The van der Waals surface area contributed by atoms with Gasteiger partial charge in [-0.3, -0.25) is 0 Å². The van der Waals surface area contributed by atoms with Crippen LogP contribution in [0.1, 0.15) is 39.0 Å². The number of halogens is 1. The Balaban J connectivity index is 2.16. The largest absolute Gasteiger partial charge is 0.302 e. The summed E-state index contributed by atoms with van der Waals surface area (Å²) in [4.78, 5) is 2.48. The summed E-state index contributed by atoms with van der Waals surface area (Å²) < 4.78 is 0. The first-order valence-electron chi connectivity index (χ1n) is 6.17. The van der Waals surface area contributed by atoms with E-state index in [2.05, 4.69) is 18.9 Å². The van der Waals surface area contributed by atoms with Gasteiger partial charge in [0.05, 0.1) is 0 Å². The molecule has 1 fully saturated rings. The Morgan fingerprint density at radius 2 is 2.07 bits per heavy atom. The predicted molar refractivity (Wildman–Crippen MR) is 72.1 cm³/mol. The van der Waals surface area contributed by atoms with Gasteiger partial charge in [0.15, 0.2) is 0 Å². The molecule has 2 unspecified atom stereocenters. The maximum Gasteiger partial charge on any atom is 0.0491 e. The molecule has 2 atom stereocenters. The minimum absolute atomic E-state index is 0.391. The fourth-order valence-corrected chi connectivity index (χ4v) is 3.38. The molecule has 0 saturated heterocycles. The standard InChI is InChI=1S/C12H24ClNS/c1-3-15-10-6-9-14(2)12-8-5-4-7-11(12)13/h11-12H,3-10H2,1-2H3. The van der Waals surface area contributed by atoms with Crippen molar-refractivity contribution >= 4 is 23.4 Å². The second-order valence-electron chi connectivity index (χ2n) is 4.40. The predicted octanol–water partition coefficient (Wildman–Crippen LogP) is 3.61. The van der Waals surface area contributed by atoms with E-state index in [0.29, 0.717) is 11.4 Å². The van der Waals surface area contributed by atoms with Crippen LogP contribution in [-0.2, 0) is 0 Å². The highest BCUT2D eigenvalue weighted by molar-refractivity contribution is 7.99. The fraction of sp³-hybridized carbons (Fsp3) is 1.00. The maximum atomic E-state index is 6.37. The zero-order valence-corrected chi connectivity index (χ0v) is 11.6. The molecule has 1 rings (SSSR count). The highest BCUT2D eigenvalue weighted by Gasteiger charge is 2.25. The van der Waals surface area contributed by atoms with Gasteiger partial charge in [0.1, 0.15) is 0 Å². The summed E-state index contributed by atoms with van der Waals surface area (Å²) in [6.07, 6.45) is 6.49. The molecule has 0 aliphatic heterocycles. The lowest BCUT2D eigenvalue weighted by molar-refractivity contribution is 0.196. The van der Waals surface area contributed by atoms with E-state index in [1.807, 2.05) is 11.8 Å². The Bertz CT molecular complexity index is 166. The molecule has 1 aliphatic rings. The third kappa shape index (κ3) is 4.97. The van der Waals surface area contributed by atoms with Crippen molar-refractivity contribution < 1.29 is 0 Å². The first kappa shape index (κ1) is 13.7. The van der Waals surface area contributed by atoms with E-state index in [1.165, 1.54) is 50.2 Å². The number of rotatable bonds is 6. The van der Waals surface area contributed by atoms with Crippen LogP contribution >= 0.6 is 23.4 Å². The average Bonchev–Trinajstić information content (AvgIpc) is 2.25. The van der Waals surface area contributed by atoms with Crippen molar-refractivity contribution in [3.8, 4) is 0 Å². The molecule has 1 aliphatic carbocycles. The molecule has 0 aromatic rings. The summed E-state index contributed by atoms with van der Waals surface area (Å²) in [5.74, 6) is 2.53. The van der Waals surface area contributed by atoms with Crippen LogP contribution in [0.2, 0.25) is 0 Å². The quantitative estimate of drug-likeness (QED) is 0.523. The van der Waals surface area contributed by atoms with Gasteiger partial charge in [0.25, 0.3) is 0 Å². The van der Waals surface area contributed by atoms with Crippen molar-refractivity contribution in [1.82, 2.24) is 4.90 Å². The van der Waals surface area contributed by atoms with E-state index < -0.39 is 0 Å². The second kappa shape index (κ2) is 7.81. The van der Waals surface area contributed by atoms with Gasteiger partial charge in [0, 0.05) is 11.4 Å². The summed E-state index contributed by atoms with van der Waals surface area (Å²) in [6.45, 7) is 3.44. The lowest BCUT2D eigenvalue weighted by atomic mass is 9.94. The van der Waals surface area contributed by atoms with Crippen LogP contribution in [-0.4, -0.2) is 41.4 Å². The Kier molecular flexibility index (Phi) is 7.11. The Morgan fingerprint density at radius 1 is 1.33 bits per heavy atom. The summed E-state index contributed by atoms with van der Waals surface area (Å²) in [7, 11) is 2.24. The minimum Gasteiger partial charge on any atom is -0.302 e. The molecule has 1 nitrogen and oxygen atoms in total. The van der Waals surface area contributed by atoms with Gasteiger partial charge in [-0.05, 0) is 44.4 Å². The first-order valence-corrected chi connectivity index (χ1v) is 7.77. The Labute approximate surface area is 104 Å². The molecule has 90 valence electrons. The van der Waals surface area contributed by atoms with Crippen LogP contribution in [0.5, 0.6) is 0 Å². The van der Waals surface area contributed by atoms with Crippen LogP contribution in [0.4, 0.5) is 0 Å². The first-order chi connectivity index (χ1) is 7.25. The van der Waals surface area contributed by atoms with Crippen molar-refractivity contribution in [3.63, 3.8) is 0 Å². The highest BCUT2D eigenvalue weighted by Crippen LogP contribution is 2.26.